The molecule has 27 heavy (non-hydrogen) atoms. The van der Waals surface area contributed by atoms with Gasteiger partial charge in [-0.15, -0.1) is 0 Å². The van der Waals surface area contributed by atoms with Crippen LogP contribution in [0, 0.1) is 6.92 Å². The van der Waals surface area contributed by atoms with E-state index in [0.29, 0.717) is 29.0 Å². The molecule has 1 N–H and O–H groups in total. The van der Waals surface area contributed by atoms with Crippen LogP contribution in [0.25, 0.3) is 0 Å². The molecule has 2 heterocycles. The SMILES string of the molecule is COc1ccc(OC)c(NC(=O)COc2cc(C)nc(N3CCCC3)n2)c1. The Morgan fingerprint density at radius 2 is 1.93 bits per heavy atom. The Labute approximate surface area is 158 Å². The Hall–Kier alpha value is -3.03. The van der Waals surface area contributed by atoms with Gasteiger partial charge in [-0.2, -0.15) is 4.98 Å². The van der Waals surface area contributed by atoms with Gasteiger partial charge in [0.2, 0.25) is 11.8 Å². The maximum absolute atomic E-state index is 12.3. The lowest BCUT2D eigenvalue weighted by Crippen LogP contribution is -2.23. The summed E-state index contributed by atoms with van der Waals surface area (Å²) < 4.78 is 16.0. The lowest BCUT2D eigenvalue weighted by molar-refractivity contribution is -0.118. The van der Waals surface area contributed by atoms with Gasteiger partial charge in [0, 0.05) is 30.9 Å². The van der Waals surface area contributed by atoms with Crippen molar-refractivity contribution in [2.75, 3.05) is 44.1 Å². The highest BCUT2D eigenvalue weighted by Crippen LogP contribution is 2.28. The first kappa shape index (κ1) is 18.8. The summed E-state index contributed by atoms with van der Waals surface area (Å²) in [5.74, 6) is 1.88. The van der Waals surface area contributed by atoms with Crippen molar-refractivity contribution in [2.24, 2.45) is 0 Å². The van der Waals surface area contributed by atoms with Crippen LogP contribution in [0.1, 0.15) is 18.5 Å². The summed E-state index contributed by atoms with van der Waals surface area (Å²) in [7, 11) is 3.10. The average Bonchev–Trinajstić information content (AvgIpc) is 3.21. The molecule has 0 bridgehead atoms. The third kappa shape index (κ3) is 4.78. The summed E-state index contributed by atoms with van der Waals surface area (Å²) in [6.45, 7) is 3.60. The Kier molecular flexibility index (Phi) is 5.95. The summed E-state index contributed by atoms with van der Waals surface area (Å²) >= 11 is 0. The van der Waals surface area contributed by atoms with E-state index >= 15 is 0 Å². The minimum atomic E-state index is -0.319. The maximum atomic E-state index is 12.3. The Balaban J connectivity index is 1.64. The van der Waals surface area contributed by atoms with E-state index in [-0.39, 0.29) is 12.5 Å². The fraction of sp³-hybridized carbons (Fsp3) is 0.421. The molecule has 0 aliphatic carbocycles. The molecule has 0 radical (unpaired) electrons. The quantitative estimate of drug-likeness (QED) is 0.799. The van der Waals surface area contributed by atoms with Crippen molar-refractivity contribution in [1.82, 2.24) is 9.97 Å². The first-order chi connectivity index (χ1) is 13.1. The van der Waals surface area contributed by atoms with Crippen LogP contribution in [0.4, 0.5) is 11.6 Å². The monoisotopic (exact) mass is 372 g/mol. The van der Waals surface area contributed by atoms with Crippen molar-refractivity contribution < 1.29 is 19.0 Å². The molecule has 2 aromatic rings. The first-order valence-corrected chi connectivity index (χ1v) is 8.84. The molecule has 8 nitrogen and oxygen atoms in total. The zero-order chi connectivity index (χ0) is 19.2. The predicted molar refractivity (Wildman–Crippen MR) is 102 cm³/mol. The smallest absolute Gasteiger partial charge is 0.262 e. The predicted octanol–water partition coefficient (Wildman–Crippen LogP) is 2.42. The van der Waals surface area contributed by atoms with Gasteiger partial charge in [-0.3, -0.25) is 4.79 Å². The largest absolute Gasteiger partial charge is 0.497 e. The van der Waals surface area contributed by atoms with Crippen molar-refractivity contribution in [2.45, 2.75) is 19.8 Å². The number of hydrogen-bond donors (Lipinski definition) is 1. The highest BCUT2D eigenvalue weighted by molar-refractivity contribution is 5.93. The van der Waals surface area contributed by atoms with E-state index in [1.54, 1.807) is 31.4 Å². The molecule has 0 unspecified atom stereocenters. The number of ether oxygens (including phenoxy) is 3. The summed E-state index contributed by atoms with van der Waals surface area (Å²) in [5, 5.41) is 2.77. The van der Waals surface area contributed by atoms with E-state index in [9.17, 15) is 4.79 Å². The molecular formula is C19H24N4O4. The molecule has 1 aromatic heterocycles. The third-order valence-corrected chi connectivity index (χ3v) is 4.24. The summed E-state index contributed by atoms with van der Waals surface area (Å²) in [6, 6.07) is 6.90. The Bertz CT molecular complexity index is 806. The van der Waals surface area contributed by atoms with Crippen LogP contribution in [-0.2, 0) is 4.79 Å². The van der Waals surface area contributed by atoms with Crippen molar-refractivity contribution in [1.29, 1.82) is 0 Å². The molecule has 1 fully saturated rings. The van der Waals surface area contributed by atoms with Gasteiger partial charge in [-0.05, 0) is 31.9 Å². The fourth-order valence-corrected chi connectivity index (χ4v) is 2.89. The van der Waals surface area contributed by atoms with E-state index in [1.165, 1.54) is 7.11 Å². The van der Waals surface area contributed by atoms with Crippen LogP contribution < -0.4 is 24.4 Å². The fourth-order valence-electron chi connectivity index (χ4n) is 2.89. The van der Waals surface area contributed by atoms with Crippen LogP contribution in [0.5, 0.6) is 17.4 Å². The van der Waals surface area contributed by atoms with Crippen molar-refractivity contribution in [3.8, 4) is 17.4 Å². The normalized spacial score (nSPS) is 13.4. The molecule has 3 rings (SSSR count). The van der Waals surface area contributed by atoms with Gasteiger partial charge in [-0.25, -0.2) is 4.98 Å². The van der Waals surface area contributed by atoms with Gasteiger partial charge in [0.15, 0.2) is 6.61 Å². The molecule has 1 aromatic carbocycles. The number of aryl methyl sites for hydroxylation is 1. The molecule has 1 aliphatic rings. The minimum Gasteiger partial charge on any atom is -0.497 e. The number of benzene rings is 1. The molecule has 1 saturated heterocycles. The zero-order valence-corrected chi connectivity index (χ0v) is 15.8. The third-order valence-electron chi connectivity index (χ3n) is 4.24. The van der Waals surface area contributed by atoms with Crippen molar-refractivity contribution in [3.05, 3.63) is 30.0 Å². The summed E-state index contributed by atoms with van der Waals surface area (Å²) in [5.41, 5.74) is 1.32. The highest BCUT2D eigenvalue weighted by Gasteiger charge is 2.17. The van der Waals surface area contributed by atoms with Gasteiger partial charge >= 0.3 is 0 Å². The molecule has 144 valence electrons. The van der Waals surface area contributed by atoms with Crippen LogP contribution in [-0.4, -0.2) is 49.8 Å². The number of carbonyl (C=O) groups is 1. The number of methoxy groups -OCH3 is 2. The van der Waals surface area contributed by atoms with Gasteiger partial charge < -0.3 is 24.4 Å². The number of carbonyl (C=O) groups excluding carboxylic acids is 1. The van der Waals surface area contributed by atoms with Crippen LogP contribution in [0.3, 0.4) is 0 Å². The zero-order valence-electron chi connectivity index (χ0n) is 15.8. The number of nitrogens with zero attached hydrogens (tertiary/aromatic N) is 3. The number of amides is 1. The van der Waals surface area contributed by atoms with Crippen LogP contribution >= 0.6 is 0 Å². The molecule has 0 atom stereocenters. The standard InChI is InChI=1S/C19H24N4O4/c1-13-10-18(22-19(20-13)23-8-4-5-9-23)27-12-17(24)21-15-11-14(25-2)6-7-16(15)26-3/h6-7,10-11H,4-5,8-9,12H2,1-3H3,(H,21,24). The number of hydrogen-bond acceptors (Lipinski definition) is 7. The van der Waals surface area contributed by atoms with Crippen molar-refractivity contribution in [3.63, 3.8) is 0 Å². The second kappa shape index (κ2) is 8.57. The topological polar surface area (TPSA) is 85.8 Å². The van der Waals surface area contributed by atoms with Gasteiger partial charge in [0.05, 0.1) is 19.9 Å². The Morgan fingerprint density at radius 1 is 1.15 bits per heavy atom. The average molecular weight is 372 g/mol. The highest BCUT2D eigenvalue weighted by atomic mass is 16.5. The first-order valence-electron chi connectivity index (χ1n) is 8.84. The van der Waals surface area contributed by atoms with Gasteiger partial charge in [-0.1, -0.05) is 0 Å². The molecule has 1 aliphatic heterocycles. The van der Waals surface area contributed by atoms with Crippen LogP contribution in [0.2, 0.25) is 0 Å². The number of nitrogens with one attached hydrogen (secondary N) is 1. The number of aromatic nitrogens is 2. The van der Waals surface area contributed by atoms with Gasteiger partial charge in [0.25, 0.3) is 5.91 Å². The Morgan fingerprint density at radius 3 is 2.63 bits per heavy atom. The minimum absolute atomic E-state index is 0.170. The van der Waals surface area contributed by atoms with E-state index in [2.05, 4.69) is 20.2 Å². The molecule has 0 saturated carbocycles. The molecule has 0 spiro atoms. The number of rotatable bonds is 7. The van der Waals surface area contributed by atoms with E-state index in [4.69, 9.17) is 14.2 Å². The second-order valence-corrected chi connectivity index (χ2v) is 6.24. The van der Waals surface area contributed by atoms with E-state index in [0.717, 1.165) is 31.6 Å². The van der Waals surface area contributed by atoms with E-state index < -0.39 is 0 Å². The summed E-state index contributed by atoms with van der Waals surface area (Å²) in [6.07, 6.45) is 2.27. The molecular weight excluding hydrogens is 348 g/mol. The lowest BCUT2D eigenvalue weighted by Gasteiger charge is -2.16. The molecule has 8 heteroatoms. The second-order valence-electron chi connectivity index (χ2n) is 6.24. The summed E-state index contributed by atoms with van der Waals surface area (Å²) in [4.78, 5) is 23.3. The van der Waals surface area contributed by atoms with Crippen molar-refractivity contribution >= 4 is 17.5 Å². The van der Waals surface area contributed by atoms with Crippen LogP contribution in [0.15, 0.2) is 24.3 Å². The maximum Gasteiger partial charge on any atom is 0.262 e. The molecule has 1 amide bonds. The lowest BCUT2D eigenvalue weighted by atomic mass is 10.2. The number of anilines is 2. The van der Waals surface area contributed by atoms with E-state index in [1.807, 2.05) is 6.92 Å². The van der Waals surface area contributed by atoms with Gasteiger partial charge in [0.1, 0.15) is 11.5 Å².